The van der Waals surface area contributed by atoms with Gasteiger partial charge < -0.3 is 14.2 Å². The summed E-state index contributed by atoms with van der Waals surface area (Å²) < 4.78 is 4.90. The molecule has 1 aliphatic rings. The van der Waals surface area contributed by atoms with Crippen molar-refractivity contribution >= 4 is 17.5 Å². The van der Waals surface area contributed by atoms with Gasteiger partial charge in [-0.15, -0.1) is 0 Å². The van der Waals surface area contributed by atoms with E-state index in [0.717, 1.165) is 0 Å². The number of nitro groups is 1. The number of nitro benzene ring substituents is 1. The number of benzene rings is 1. The van der Waals surface area contributed by atoms with Gasteiger partial charge in [-0.2, -0.15) is 0 Å². The van der Waals surface area contributed by atoms with E-state index in [4.69, 9.17) is 4.42 Å². The molecule has 3 rings (SSSR count). The Balaban J connectivity index is 1.68. The van der Waals surface area contributed by atoms with E-state index in [-0.39, 0.29) is 17.2 Å². The number of furan rings is 1. The van der Waals surface area contributed by atoms with E-state index >= 15 is 0 Å². The highest BCUT2D eigenvalue weighted by atomic mass is 16.6. The zero-order valence-corrected chi connectivity index (χ0v) is 12.8. The number of piperazine rings is 1. The SMILES string of the molecule is O=C(c1ccoc1)N1CCN(C(=O)c2ccccc2[N+](=O)[O-])CC1. The van der Waals surface area contributed by atoms with Gasteiger partial charge in [-0.1, -0.05) is 12.1 Å². The molecule has 0 radical (unpaired) electrons. The Labute approximate surface area is 137 Å². The van der Waals surface area contributed by atoms with Gasteiger partial charge in [-0.3, -0.25) is 19.7 Å². The second kappa shape index (κ2) is 6.53. The largest absolute Gasteiger partial charge is 0.472 e. The predicted octanol–water partition coefficient (Wildman–Crippen LogP) is 1.79. The number of hydrogen-bond donors (Lipinski definition) is 0. The van der Waals surface area contributed by atoms with E-state index in [1.165, 1.54) is 35.6 Å². The first kappa shape index (κ1) is 15.7. The number of carbonyl (C=O) groups is 2. The molecule has 0 saturated carbocycles. The van der Waals surface area contributed by atoms with Crippen molar-refractivity contribution in [1.29, 1.82) is 0 Å². The quantitative estimate of drug-likeness (QED) is 0.631. The number of para-hydroxylation sites is 1. The molecule has 1 aromatic carbocycles. The van der Waals surface area contributed by atoms with E-state index in [1.54, 1.807) is 17.0 Å². The molecule has 124 valence electrons. The fraction of sp³-hybridized carbons (Fsp3) is 0.250. The molecule has 8 heteroatoms. The van der Waals surface area contributed by atoms with E-state index in [2.05, 4.69) is 0 Å². The van der Waals surface area contributed by atoms with Gasteiger partial charge in [0.05, 0.1) is 16.7 Å². The number of amides is 2. The van der Waals surface area contributed by atoms with Crippen molar-refractivity contribution < 1.29 is 18.9 Å². The highest BCUT2D eigenvalue weighted by molar-refractivity contribution is 5.98. The molecule has 2 heterocycles. The average Bonchev–Trinajstić information content (AvgIpc) is 3.15. The smallest absolute Gasteiger partial charge is 0.282 e. The molecular formula is C16H15N3O5. The fourth-order valence-corrected chi connectivity index (χ4v) is 2.67. The van der Waals surface area contributed by atoms with Crippen molar-refractivity contribution in [2.45, 2.75) is 0 Å². The van der Waals surface area contributed by atoms with Crippen LogP contribution in [0.2, 0.25) is 0 Å². The van der Waals surface area contributed by atoms with Crippen molar-refractivity contribution in [3.05, 3.63) is 64.1 Å². The van der Waals surface area contributed by atoms with Gasteiger partial charge in [-0.05, 0) is 12.1 Å². The monoisotopic (exact) mass is 329 g/mol. The third-order valence-electron chi connectivity index (χ3n) is 3.95. The molecule has 1 fully saturated rings. The van der Waals surface area contributed by atoms with Gasteiger partial charge in [0.1, 0.15) is 11.8 Å². The summed E-state index contributed by atoms with van der Waals surface area (Å²) in [6.07, 6.45) is 2.81. The van der Waals surface area contributed by atoms with Gasteiger partial charge in [0.15, 0.2) is 0 Å². The van der Waals surface area contributed by atoms with Crippen molar-refractivity contribution in [3.8, 4) is 0 Å². The molecule has 1 saturated heterocycles. The Morgan fingerprint density at radius 2 is 1.62 bits per heavy atom. The molecule has 0 unspecified atom stereocenters. The molecular weight excluding hydrogens is 314 g/mol. The van der Waals surface area contributed by atoms with E-state index in [0.29, 0.717) is 31.7 Å². The Morgan fingerprint density at radius 1 is 1.00 bits per heavy atom. The summed E-state index contributed by atoms with van der Waals surface area (Å²) in [6, 6.07) is 7.47. The van der Waals surface area contributed by atoms with Crippen LogP contribution in [-0.4, -0.2) is 52.7 Å². The highest BCUT2D eigenvalue weighted by Crippen LogP contribution is 2.20. The molecule has 2 amide bonds. The molecule has 1 aliphatic heterocycles. The summed E-state index contributed by atoms with van der Waals surface area (Å²) in [5.74, 6) is -0.542. The van der Waals surface area contributed by atoms with E-state index < -0.39 is 10.8 Å². The van der Waals surface area contributed by atoms with Crippen LogP contribution in [0.4, 0.5) is 5.69 Å². The van der Waals surface area contributed by atoms with Crippen molar-refractivity contribution in [2.75, 3.05) is 26.2 Å². The van der Waals surface area contributed by atoms with Crippen LogP contribution < -0.4 is 0 Å². The van der Waals surface area contributed by atoms with Crippen LogP contribution in [0.3, 0.4) is 0 Å². The normalized spacial score (nSPS) is 14.5. The number of rotatable bonds is 3. The Morgan fingerprint density at radius 3 is 2.21 bits per heavy atom. The lowest BCUT2D eigenvalue weighted by Crippen LogP contribution is -2.50. The minimum atomic E-state index is -0.564. The summed E-state index contributed by atoms with van der Waals surface area (Å²) in [4.78, 5) is 38.4. The standard InChI is InChI=1S/C16H15N3O5/c20-15(12-5-10-24-11-12)17-6-8-18(9-7-17)16(21)13-3-1-2-4-14(13)19(22)23/h1-5,10-11H,6-9H2. The highest BCUT2D eigenvalue weighted by Gasteiger charge is 2.29. The van der Waals surface area contributed by atoms with Gasteiger partial charge >= 0.3 is 0 Å². The summed E-state index contributed by atoms with van der Waals surface area (Å²) in [7, 11) is 0. The molecule has 0 aliphatic carbocycles. The molecule has 0 N–H and O–H groups in total. The number of carbonyl (C=O) groups excluding carboxylic acids is 2. The van der Waals surface area contributed by atoms with Crippen LogP contribution >= 0.6 is 0 Å². The molecule has 24 heavy (non-hydrogen) atoms. The van der Waals surface area contributed by atoms with Crippen LogP contribution in [0.1, 0.15) is 20.7 Å². The van der Waals surface area contributed by atoms with Gasteiger partial charge in [0.25, 0.3) is 17.5 Å². The van der Waals surface area contributed by atoms with E-state index in [9.17, 15) is 19.7 Å². The lowest BCUT2D eigenvalue weighted by Gasteiger charge is -2.34. The first-order valence-corrected chi connectivity index (χ1v) is 7.42. The maximum atomic E-state index is 12.5. The lowest BCUT2D eigenvalue weighted by molar-refractivity contribution is -0.385. The fourth-order valence-electron chi connectivity index (χ4n) is 2.67. The summed E-state index contributed by atoms with van der Waals surface area (Å²) >= 11 is 0. The molecule has 1 aromatic heterocycles. The Kier molecular flexibility index (Phi) is 4.28. The average molecular weight is 329 g/mol. The maximum Gasteiger partial charge on any atom is 0.282 e. The van der Waals surface area contributed by atoms with E-state index in [1.807, 2.05) is 0 Å². The van der Waals surface area contributed by atoms with Gasteiger partial charge in [0.2, 0.25) is 0 Å². The first-order chi connectivity index (χ1) is 11.6. The molecule has 0 spiro atoms. The van der Waals surface area contributed by atoms with Crippen LogP contribution in [0.25, 0.3) is 0 Å². The zero-order valence-electron chi connectivity index (χ0n) is 12.8. The van der Waals surface area contributed by atoms with Crippen LogP contribution in [0.5, 0.6) is 0 Å². The molecule has 0 atom stereocenters. The van der Waals surface area contributed by atoms with Crippen molar-refractivity contribution in [2.24, 2.45) is 0 Å². The van der Waals surface area contributed by atoms with Crippen molar-refractivity contribution in [1.82, 2.24) is 9.80 Å². The Hall–Kier alpha value is -3.16. The summed E-state index contributed by atoms with van der Waals surface area (Å²) in [5.41, 5.74) is 0.324. The number of hydrogen-bond acceptors (Lipinski definition) is 5. The van der Waals surface area contributed by atoms with Gasteiger partial charge in [0, 0.05) is 32.2 Å². The van der Waals surface area contributed by atoms with Crippen LogP contribution in [0, 0.1) is 10.1 Å². The molecule has 2 aromatic rings. The van der Waals surface area contributed by atoms with Crippen molar-refractivity contribution in [3.63, 3.8) is 0 Å². The Bertz CT molecular complexity index is 764. The first-order valence-electron chi connectivity index (χ1n) is 7.42. The maximum absolute atomic E-state index is 12.5. The number of nitrogens with zero attached hydrogens (tertiary/aromatic N) is 3. The molecule has 0 bridgehead atoms. The topological polar surface area (TPSA) is 96.9 Å². The minimum absolute atomic E-state index is 0.0668. The third kappa shape index (κ3) is 2.98. The summed E-state index contributed by atoms with van der Waals surface area (Å²) in [6.45, 7) is 1.40. The zero-order chi connectivity index (χ0) is 17.1. The second-order valence-electron chi connectivity index (χ2n) is 5.37. The predicted molar refractivity (Wildman–Crippen MR) is 83.6 cm³/mol. The lowest BCUT2D eigenvalue weighted by atomic mass is 10.1. The third-order valence-corrected chi connectivity index (χ3v) is 3.95. The van der Waals surface area contributed by atoms with Crippen LogP contribution in [0.15, 0.2) is 47.3 Å². The second-order valence-corrected chi connectivity index (χ2v) is 5.37. The summed E-state index contributed by atoms with van der Waals surface area (Å²) in [5, 5.41) is 11.1. The van der Waals surface area contributed by atoms with Gasteiger partial charge in [-0.25, -0.2) is 0 Å². The molecule has 8 nitrogen and oxygen atoms in total. The van der Waals surface area contributed by atoms with Crippen LogP contribution in [-0.2, 0) is 0 Å². The minimum Gasteiger partial charge on any atom is -0.472 e.